The lowest BCUT2D eigenvalue weighted by Gasteiger charge is -2.46. The molecule has 4 rings (SSSR count). The highest BCUT2D eigenvalue weighted by Crippen LogP contribution is 2.58. The van der Waals surface area contributed by atoms with E-state index in [1.807, 2.05) is 19.2 Å². The van der Waals surface area contributed by atoms with Crippen LogP contribution >= 0.6 is 15.9 Å². The van der Waals surface area contributed by atoms with Crippen molar-refractivity contribution in [2.24, 2.45) is 0 Å². The number of nitrogens with zero attached hydrogens (tertiary/aromatic N) is 2. The first-order chi connectivity index (χ1) is 13.6. The second-order valence-electron chi connectivity index (χ2n) is 8.15. The number of halogens is 1. The molecule has 0 aromatic heterocycles. The van der Waals surface area contributed by atoms with Crippen molar-refractivity contribution in [3.05, 3.63) is 61.1 Å². The van der Waals surface area contributed by atoms with Gasteiger partial charge in [-0.3, -0.25) is 10.1 Å². The van der Waals surface area contributed by atoms with Crippen LogP contribution in [0, 0.1) is 24.0 Å². The molecule has 2 aromatic rings. The van der Waals surface area contributed by atoms with Gasteiger partial charge in [0.05, 0.1) is 23.5 Å². The Morgan fingerprint density at radius 2 is 1.90 bits per heavy atom. The van der Waals surface area contributed by atoms with Crippen molar-refractivity contribution in [1.29, 1.82) is 0 Å². The topological polar surface area (TPSA) is 64.8 Å². The zero-order valence-corrected chi connectivity index (χ0v) is 18.9. The SMILES string of the molecule is COc1cc([N+](=O)[O-])c(Br)c2c1OC1(C=C2)N(C)c2c(C)ccc(C)c2C1(C)C. The van der Waals surface area contributed by atoms with Gasteiger partial charge >= 0.3 is 0 Å². The molecule has 0 radical (unpaired) electrons. The number of rotatable bonds is 2. The molecule has 1 atom stereocenters. The van der Waals surface area contributed by atoms with E-state index in [9.17, 15) is 10.1 Å². The van der Waals surface area contributed by atoms with E-state index in [0.717, 1.165) is 5.69 Å². The summed E-state index contributed by atoms with van der Waals surface area (Å²) in [6.45, 7) is 8.56. The third kappa shape index (κ3) is 2.40. The summed E-state index contributed by atoms with van der Waals surface area (Å²) in [6, 6.07) is 5.67. The fourth-order valence-electron chi connectivity index (χ4n) is 4.85. The summed E-state index contributed by atoms with van der Waals surface area (Å²) in [6.07, 6.45) is 3.90. The van der Waals surface area contributed by atoms with Gasteiger partial charge in [0.2, 0.25) is 5.72 Å². The highest BCUT2D eigenvalue weighted by Gasteiger charge is 2.59. The largest absolute Gasteiger partial charge is 0.493 e. The minimum Gasteiger partial charge on any atom is -0.493 e. The van der Waals surface area contributed by atoms with Gasteiger partial charge in [-0.1, -0.05) is 12.1 Å². The number of benzene rings is 2. The number of anilines is 1. The molecular weight excluding hydrogens is 436 g/mol. The average molecular weight is 459 g/mol. The lowest BCUT2D eigenvalue weighted by atomic mass is 9.74. The van der Waals surface area contributed by atoms with Gasteiger partial charge in [0.15, 0.2) is 11.5 Å². The van der Waals surface area contributed by atoms with E-state index in [0.29, 0.717) is 21.5 Å². The number of likely N-dealkylation sites (N-methyl/N-ethyl adjacent to an activating group) is 1. The summed E-state index contributed by atoms with van der Waals surface area (Å²) >= 11 is 3.38. The zero-order chi connectivity index (χ0) is 21.3. The Bertz CT molecular complexity index is 1090. The average Bonchev–Trinajstić information content (AvgIpc) is 2.84. The van der Waals surface area contributed by atoms with Crippen LogP contribution in [0.25, 0.3) is 6.08 Å². The quantitative estimate of drug-likeness (QED) is 0.438. The monoisotopic (exact) mass is 458 g/mol. The molecule has 2 aromatic carbocycles. The van der Waals surface area contributed by atoms with Gasteiger partial charge in [-0.15, -0.1) is 0 Å². The van der Waals surface area contributed by atoms with Gasteiger partial charge in [-0.25, -0.2) is 0 Å². The standard InChI is InChI=1S/C22H23BrN2O4/c1-12-7-8-13(2)19-17(12)21(3,4)22(24(19)5)10-9-14-18(23)15(25(26)27)11-16(28-6)20(14)29-22/h7-11H,1-6H3. The van der Waals surface area contributed by atoms with E-state index in [-0.39, 0.29) is 11.1 Å². The predicted octanol–water partition coefficient (Wildman–Crippen LogP) is 5.51. The molecule has 152 valence electrons. The van der Waals surface area contributed by atoms with Crippen molar-refractivity contribution in [2.75, 3.05) is 19.1 Å². The van der Waals surface area contributed by atoms with Crippen LogP contribution in [0.4, 0.5) is 11.4 Å². The first-order valence-corrected chi connectivity index (χ1v) is 10.1. The first-order valence-electron chi connectivity index (χ1n) is 9.34. The number of fused-ring (bicyclic) bond motifs is 2. The van der Waals surface area contributed by atoms with Gasteiger partial charge in [0.25, 0.3) is 5.69 Å². The molecule has 0 saturated heterocycles. The molecule has 0 fully saturated rings. The van der Waals surface area contributed by atoms with E-state index >= 15 is 0 Å². The summed E-state index contributed by atoms with van der Waals surface area (Å²) in [4.78, 5) is 13.2. The summed E-state index contributed by atoms with van der Waals surface area (Å²) in [5, 5.41) is 11.5. The molecule has 2 aliphatic rings. The maximum Gasteiger partial charge on any atom is 0.288 e. The normalized spacial score (nSPS) is 21.0. The molecule has 29 heavy (non-hydrogen) atoms. The van der Waals surface area contributed by atoms with Crippen LogP contribution in [0.3, 0.4) is 0 Å². The smallest absolute Gasteiger partial charge is 0.288 e. The van der Waals surface area contributed by atoms with Crippen LogP contribution in [0.1, 0.15) is 36.1 Å². The molecule has 0 saturated carbocycles. The third-order valence-corrected chi connectivity index (χ3v) is 7.12. The van der Waals surface area contributed by atoms with Gasteiger partial charge in [0.1, 0.15) is 4.47 Å². The van der Waals surface area contributed by atoms with Gasteiger partial charge in [0, 0.05) is 18.3 Å². The number of methoxy groups -OCH3 is 1. The maximum atomic E-state index is 11.5. The fraction of sp³-hybridized carbons (Fsp3) is 0.364. The van der Waals surface area contributed by atoms with Crippen molar-refractivity contribution >= 4 is 33.4 Å². The van der Waals surface area contributed by atoms with Crippen molar-refractivity contribution in [2.45, 2.75) is 38.8 Å². The molecule has 1 unspecified atom stereocenters. The second-order valence-corrected chi connectivity index (χ2v) is 8.94. The highest BCUT2D eigenvalue weighted by atomic mass is 79.9. The molecule has 0 N–H and O–H groups in total. The molecule has 7 heteroatoms. The Balaban J connectivity index is 1.97. The second kappa shape index (κ2) is 6.23. The van der Waals surface area contributed by atoms with E-state index in [1.54, 1.807) is 0 Å². The van der Waals surface area contributed by atoms with Gasteiger partial charge < -0.3 is 14.4 Å². The number of hydrogen-bond acceptors (Lipinski definition) is 5. The van der Waals surface area contributed by atoms with Crippen molar-refractivity contribution in [1.82, 2.24) is 0 Å². The van der Waals surface area contributed by atoms with Crippen LogP contribution in [-0.2, 0) is 5.41 Å². The number of nitro benzene ring substituents is 1. The van der Waals surface area contributed by atoms with Crippen LogP contribution < -0.4 is 14.4 Å². The van der Waals surface area contributed by atoms with Gasteiger partial charge in [-0.05, 0) is 72.5 Å². The van der Waals surface area contributed by atoms with Crippen LogP contribution in [0.15, 0.2) is 28.7 Å². The first kappa shape index (κ1) is 19.8. The maximum absolute atomic E-state index is 11.5. The van der Waals surface area contributed by atoms with E-state index in [1.165, 1.54) is 29.9 Å². The number of aryl methyl sites for hydroxylation is 2. The Kier molecular flexibility index (Phi) is 4.24. The van der Waals surface area contributed by atoms with E-state index < -0.39 is 10.6 Å². The molecule has 1 spiro atoms. The molecule has 6 nitrogen and oxygen atoms in total. The van der Waals surface area contributed by atoms with E-state index in [4.69, 9.17) is 9.47 Å². The predicted molar refractivity (Wildman–Crippen MR) is 117 cm³/mol. The number of nitro groups is 1. The molecule has 2 heterocycles. The van der Waals surface area contributed by atoms with Gasteiger partial charge in [-0.2, -0.15) is 0 Å². The minimum atomic E-state index is -0.790. The molecule has 0 bridgehead atoms. The molecule has 0 amide bonds. The Morgan fingerprint density at radius 1 is 1.24 bits per heavy atom. The fourth-order valence-corrected chi connectivity index (χ4v) is 5.42. The molecule has 2 aliphatic heterocycles. The lowest BCUT2D eigenvalue weighted by molar-refractivity contribution is -0.385. The lowest BCUT2D eigenvalue weighted by Crippen LogP contribution is -2.58. The zero-order valence-electron chi connectivity index (χ0n) is 17.3. The van der Waals surface area contributed by atoms with E-state index in [2.05, 4.69) is 60.7 Å². The van der Waals surface area contributed by atoms with Crippen molar-refractivity contribution in [3.8, 4) is 11.5 Å². The van der Waals surface area contributed by atoms with Crippen LogP contribution in [0.2, 0.25) is 0 Å². The summed E-state index contributed by atoms with van der Waals surface area (Å²) in [5.74, 6) is 0.836. The molecule has 0 aliphatic carbocycles. The van der Waals surface area contributed by atoms with Crippen LogP contribution in [0.5, 0.6) is 11.5 Å². The number of hydrogen-bond donors (Lipinski definition) is 0. The van der Waals surface area contributed by atoms with Crippen molar-refractivity contribution in [3.63, 3.8) is 0 Å². The minimum absolute atomic E-state index is 0.0567. The number of ether oxygens (including phenoxy) is 2. The third-order valence-electron chi connectivity index (χ3n) is 6.29. The van der Waals surface area contributed by atoms with Crippen molar-refractivity contribution < 1.29 is 14.4 Å². The highest BCUT2D eigenvalue weighted by molar-refractivity contribution is 9.10. The summed E-state index contributed by atoms with van der Waals surface area (Å²) in [5.41, 5.74) is 4.17. The molecular formula is C22H23BrN2O4. The Labute approximate surface area is 178 Å². The summed E-state index contributed by atoms with van der Waals surface area (Å²) < 4.78 is 12.6. The Hall–Kier alpha value is -2.54. The van der Waals surface area contributed by atoms with Crippen LogP contribution in [-0.4, -0.2) is 24.8 Å². The summed E-state index contributed by atoms with van der Waals surface area (Å²) in [7, 11) is 3.52. The Morgan fingerprint density at radius 3 is 2.48 bits per heavy atom.